The molecule has 0 saturated carbocycles. The van der Waals surface area contributed by atoms with Gasteiger partial charge in [-0.05, 0) is 13.8 Å². The number of nitrogens with one attached hydrogen (secondary N) is 2. The molecule has 0 radical (unpaired) electrons. The Morgan fingerprint density at radius 1 is 1.33 bits per heavy atom. The molecule has 13 heteroatoms. The number of sulfonamides is 1. The molecular weight excluding hydrogens is 420 g/mol. The Labute approximate surface area is 163 Å². The fourth-order valence-electron chi connectivity index (χ4n) is 1.99. The lowest BCUT2D eigenvalue weighted by molar-refractivity contribution is 0.0522. The second kappa shape index (κ2) is 8.50. The average molecular weight is 435 g/mol. The minimum atomic E-state index is -4.36. The summed E-state index contributed by atoms with van der Waals surface area (Å²) in [4.78, 5) is 31.6. The van der Waals surface area contributed by atoms with Crippen LogP contribution < -0.4 is 14.8 Å². The highest BCUT2D eigenvalue weighted by atomic mass is 35.5. The van der Waals surface area contributed by atoms with Crippen molar-refractivity contribution in [1.82, 2.24) is 14.7 Å². The normalized spacial score (nSPS) is 11.0. The first-order valence-corrected chi connectivity index (χ1v) is 10.1. The molecule has 146 valence electrons. The summed E-state index contributed by atoms with van der Waals surface area (Å²) in [7, 11) is -3.02. The number of thiophene rings is 1. The van der Waals surface area contributed by atoms with Gasteiger partial charge in [0.15, 0.2) is 0 Å². The van der Waals surface area contributed by atoms with Crippen LogP contribution in [-0.2, 0) is 14.8 Å². The second-order valence-corrected chi connectivity index (χ2v) is 7.96. The molecule has 0 aliphatic heterocycles. The first-order valence-electron chi connectivity index (χ1n) is 7.35. The van der Waals surface area contributed by atoms with Gasteiger partial charge in [0.05, 0.1) is 19.3 Å². The summed E-state index contributed by atoms with van der Waals surface area (Å²) in [6, 6.07) is 0.168. The van der Waals surface area contributed by atoms with E-state index in [1.807, 2.05) is 0 Å². The maximum atomic E-state index is 12.6. The lowest BCUT2D eigenvalue weighted by atomic mass is 10.3. The molecule has 2 N–H and O–H groups in total. The monoisotopic (exact) mass is 434 g/mol. The van der Waals surface area contributed by atoms with Crippen LogP contribution in [0.15, 0.2) is 16.3 Å². The number of urea groups is 1. The van der Waals surface area contributed by atoms with Crippen LogP contribution in [0.1, 0.15) is 22.2 Å². The van der Waals surface area contributed by atoms with E-state index >= 15 is 0 Å². The predicted octanol–water partition coefficient (Wildman–Crippen LogP) is 2.20. The van der Waals surface area contributed by atoms with Crippen LogP contribution in [0.25, 0.3) is 0 Å². The molecule has 2 amide bonds. The van der Waals surface area contributed by atoms with Crippen molar-refractivity contribution in [3.05, 3.63) is 27.0 Å². The Balaban J connectivity index is 2.24. The molecule has 0 spiro atoms. The minimum Gasteiger partial charge on any atom is -0.481 e. The summed E-state index contributed by atoms with van der Waals surface area (Å²) < 4.78 is 36.7. The number of carbonyl (C=O) groups excluding carboxylic acids is 2. The largest absolute Gasteiger partial charge is 0.481 e. The lowest BCUT2D eigenvalue weighted by Crippen LogP contribution is -2.35. The van der Waals surface area contributed by atoms with Gasteiger partial charge in [-0.3, -0.25) is 5.32 Å². The highest BCUT2D eigenvalue weighted by Gasteiger charge is 2.29. The van der Waals surface area contributed by atoms with E-state index in [9.17, 15) is 18.0 Å². The zero-order valence-electron chi connectivity index (χ0n) is 14.4. The number of hydrogen-bond donors (Lipinski definition) is 2. The zero-order chi connectivity index (χ0) is 20.2. The van der Waals surface area contributed by atoms with Gasteiger partial charge in [-0.25, -0.2) is 27.7 Å². The van der Waals surface area contributed by atoms with Crippen molar-refractivity contribution in [2.24, 2.45) is 0 Å². The van der Waals surface area contributed by atoms with Crippen LogP contribution in [0, 0.1) is 6.92 Å². The van der Waals surface area contributed by atoms with Gasteiger partial charge in [-0.15, -0.1) is 11.3 Å². The van der Waals surface area contributed by atoms with Crippen LogP contribution in [-0.4, -0.2) is 44.1 Å². The van der Waals surface area contributed by atoms with E-state index in [1.165, 1.54) is 25.5 Å². The molecule has 2 aromatic heterocycles. The molecule has 0 unspecified atom stereocenters. The third-order valence-electron chi connectivity index (χ3n) is 3.01. The second-order valence-electron chi connectivity index (χ2n) is 4.87. The quantitative estimate of drug-likeness (QED) is 0.521. The van der Waals surface area contributed by atoms with Crippen molar-refractivity contribution < 1.29 is 27.5 Å². The minimum absolute atomic E-state index is 0.0155. The maximum Gasteiger partial charge on any atom is 0.340 e. The van der Waals surface area contributed by atoms with Crippen molar-refractivity contribution in [1.29, 1.82) is 0 Å². The number of rotatable bonds is 6. The molecule has 0 aromatic carbocycles. The number of ether oxygens (including phenoxy) is 2. The molecule has 0 bridgehead atoms. The molecule has 2 aromatic rings. The molecule has 10 nitrogen and oxygen atoms in total. The predicted molar refractivity (Wildman–Crippen MR) is 97.9 cm³/mol. The molecule has 27 heavy (non-hydrogen) atoms. The number of esters is 1. The van der Waals surface area contributed by atoms with Crippen molar-refractivity contribution in [3.63, 3.8) is 0 Å². The van der Waals surface area contributed by atoms with Gasteiger partial charge in [0.1, 0.15) is 10.0 Å². The standard InChI is InChI=1S/C14H15ClN4O6S2/c1-4-25-12(20)8-6-26-7(2)11(8)27(22,23)19-14(21)18-13-16-9(15)5-10(17-13)24-3/h5-6H,4H2,1-3H3,(H2,16,17,18,19,21). The summed E-state index contributed by atoms with van der Waals surface area (Å²) in [6.45, 7) is 3.18. The van der Waals surface area contributed by atoms with Gasteiger partial charge in [0.25, 0.3) is 10.0 Å². The van der Waals surface area contributed by atoms with E-state index in [0.717, 1.165) is 11.3 Å². The van der Waals surface area contributed by atoms with Crippen LogP contribution >= 0.6 is 22.9 Å². The molecule has 0 aliphatic carbocycles. The topological polar surface area (TPSA) is 137 Å². The number of methoxy groups -OCH3 is 1. The maximum absolute atomic E-state index is 12.6. The molecule has 0 atom stereocenters. The van der Waals surface area contributed by atoms with Crippen LogP contribution in [0.4, 0.5) is 10.7 Å². The number of anilines is 1. The van der Waals surface area contributed by atoms with Gasteiger partial charge in [0.2, 0.25) is 11.8 Å². The van der Waals surface area contributed by atoms with Crippen molar-refractivity contribution in [2.75, 3.05) is 19.0 Å². The summed E-state index contributed by atoms with van der Waals surface area (Å²) >= 11 is 6.80. The number of amides is 2. The smallest absolute Gasteiger partial charge is 0.340 e. The molecule has 0 fully saturated rings. The highest BCUT2D eigenvalue weighted by Crippen LogP contribution is 2.27. The Morgan fingerprint density at radius 2 is 2.04 bits per heavy atom. The zero-order valence-corrected chi connectivity index (χ0v) is 16.8. The van der Waals surface area contributed by atoms with Crippen LogP contribution in [0.3, 0.4) is 0 Å². The first-order chi connectivity index (χ1) is 12.7. The fourth-order valence-corrected chi connectivity index (χ4v) is 4.64. The van der Waals surface area contributed by atoms with Gasteiger partial charge in [-0.2, -0.15) is 4.98 Å². The molecule has 2 heterocycles. The highest BCUT2D eigenvalue weighted by molar-refractivity contribution is 7.90. The number of carbonyl (C=O) groups is 2. The van der Waals surface area contributed by atoms with Crippen molar-refractivity contribution in [3.8, 4) is 5.88 Å². The van der Waals surface area contributed by atoms with Gasteiger partial charge in [-0.1, -0.05) is 11.6 Å². The summed E-state index contributed by atoms with van der Waals surface area (Å²) in [5.74, 6) is -0.989. The molecular formula is C14H15ClN4O6S2. The van der Waals surface area contributed by atoms with E-state index in [-0.39, 0.29) is 34.0 Å². The Morgan fingerprint density at radius 3 is 2.67 bits per heavy atom. The van der Waals surface area contributed by atoms with E-state index < -0.39 is 22.0 Å². The van der Waals surface area contributed by atoms with Gasteiger partial charge < -0.3 is 9.47 Å². The summed E-state index contributed by atoms with van der Waals surface area (Å²) in [5.41, 5.74) is -0.152. The number of nitrogens with zero attached hydrogens (tertiary/aromatic N) is 2. The molecule has 0 saturated heterocycles. The number of aromatic nitrogens is 2. The third-order valence-corrected chi connectivity index (χ3v) is 5.77. The van der Waals surface area contributed by atoms with Crippen LogP contribution in [0.2, 0.25) is 5.15 Å². The van der Waals surface area contributed by atoms with Crippen molar-refractivity contribution in [2.45, 2.75) is 18.7 Å². The third kappa shape index (κ3) is 5.05. The Kier molecular flexibility index (Phi) is 6.57. The Hall–Kier alpha value is -2.44. The van der Waals surface area contributed by atoms with Crippen molar-refractivity contribution >= 4 is 50.9 Å². The summed E-state index contributed by atoms with van der Waals surface area (Å²) in [6.07, 6.45) is 0. The first kappa shape index (κ1) is 20.9. The average Bonchev–Trinajstić information content (AvgIpc) is 2.96. The lowest BCUT2D eigenvalue weighted by Gasteiger charge is -2.10. The van der Waals surface area contributed by atoms with E-state index in [0.29, 0.717) is 4.88 Å². The number of hydrogen-bond acceptors (Lipinski definition) is 9. The van der Waals surface area contributed by atoms with Gasteiger partial charge in [0, 0.05) is 16.3 Å². The summed E-state index contributed by atoms with van der Waals surface area (Å²) in [5, 5.41) is 3.48. The number of aryl methyl sites for hydroxylation is 1. The van der Waals surface area contributed by atoms with Crippen LogP contribution in [0.5, 0.6) is 5.88 Å². The van der Waals surface area contributed by atoms with E-state index in [2.05, 4.69) is 15.3 Å². The Bertz CT molecular complexity index is 976. The molecule has 2 rings (SSSR count). The van der Waals surface area contributed by atoms with E-state index in [1.54, 1.807) is 11.6 Å². The number of halogens is 1. The molecule has 0 aliphatic rings. The van der Waals surface area contributed by atoms with E-state index in [4.69, 9.17) is 21.1 Å². The van der Waals surface area contributed by atoms with Gasteiger partial charge >= 0.3 is 12.0 Å². The fraction of sp³-hybridized carbons (Fsp3) is 0.286. The SMILES string of the molecule is CCOC(=O)c1csc(C)c1S(=O)(=O)NC(=O)Nc1nc(Cl)cc(OC)n1.